The van der Waals surface area contributed by atoms with Crippen molar-refractivity contribution in [2.24, 2.45) is 0 Å². The number of rotatable bonds is 5. The van der Waals surface area contributed by atoms with Crippen LogP contribution >= 0.6 is 17.3 Å². The fourth-order valence-corrected chi connectivity index (χ4v) is 8.71. The monoisotopic (exact) mass is 355 g/mol. The SMILES string of the molecule is CN(C)P(Cl)(Cc1ccccc1)(c1ccccc1)c1ccccc1. The molecule has 0 saturated heterocycles. The number of nitrogens with zero attached hydrogens (tertiary/aromatic N) is 1. The van der Waals surface area contributed by atoms with Crippen molar-refractivity contribution in [3.8, 4) is 0 Å². The van der Waals surface area contributed by atoms with Gasteiger partial charge in [0.15, 0.2) is 0 Å². The summed E-state index contributed by atoms with van der Waals surface area (Å²) >= 11 is 7.77. The van der Waals surface area contributed by atoms with Gasteiger partial charge in [0.1, 0.15) is 0 Å². The Hall–Kier alpha value is -1.66. The summed E-state index contributed by atoms with van der Waals surface area (Å²) in [6, 6.07) is 31.6. The molecule has 3 aromatic carbocycles. The summed E-state index contributed by atoms with van der Waals surface area (Å²) in [7, 11) is 4.21. The van der Waals surface area contributed by atoms with Crippen LogP contribution in [0.25, 0.3) is 0 Å². The second-order valence-electron chi connectivity index (χ2n) is 6.30. The zero-order valence-electron chi connectivity index (χ0n) is 14.1. The average Bonchev–Trinajstić information content (AvgIpc) is 2.64. The van der Waals surface area contributed by atoms with Gasteiger partial charge in [-0.25, -0.2) is 0 Å². The molecule has 0 aliphatic rings. The van der Waals surface area contributed by atoms with Gasteiger partial charge in [0.25, 0.3) is 0 Å². The van der Waals surface area contributed by atoms with Gasteiger partial charge in [-0.3, -0.25) is 0 Å². The van der Waals surface area contributed by atoms with E-state index < -0.39 is 6.11 Å². The van der Waals surface area contributed by atoms with E-state index in [9.17, 15) is 0 Å². The Kier molecular flexibility index (Phi) is 4.78. The Balaban J connectivity index is 2.30. The Morgan fingerprint density at radius 2 is 1.04 bits per heavy atom. The summed E-state index contributed by atoms with van der Waals surface area (Å²) < 4.78 is 2.25. The Bertz CT molecular complexity index is 748. The Morgan fingerprint density at radius 1 is 0.667 bits per heavy atom. The molecule has 0 aliphatic heterocycles. The van der Waals surface area contributed by atoms with E-state index in [1.807, 2.05) is 18.2 Å². The predicted molar refractivity (Wildman–Crippen MR) is 109 cm³/mol. The van der Waals surface area contributed by atoms with Crippen molar-refractivity contribution in [3.05, 3.63) is 96.6 Å². The van der Waals surface area contributed by atoms with Crippen molar-refractivity contribution in [1.29, 1.82) is 0 Å². The van der Waals surface area contributed by atoms with Gasteiger partial charge in [-0.2, -0.15) is 0 Å². The molecule has 0 unspecified atom stereocenters. The van der Waals surface area contributed by atoms with Gasteiger partial charge in [0.2, 0.25) is 0 Å². The molecule has 0 spiro atoms. The summed E-state index contributed by atoms with van der Waals surface area (Å²) in [5.74, 6) is 0. The average molecular weight is 356 g/mol. The number of hydrogen-bond donors (Lipinski definition) is 0. The molecule has 0 fully saturated rings. The van der Waals surface area contributed by atoms with Gasteiger partial charge >= 0.3 is 149 Å². The minimum atomic E-state index is -3.07. The third-order valence-corrected chi connectivity index (χ3v) is 12.5. The van der Waals surface area contributed by atoms with Crippen molar-refractivity contribution >= 4 is 28.0 Å². The molecule has 0 aromatic heterocycles. The Morgan fingerprint density at radius 3 is 1.42 bits per heavy atom. The molecule has 0 bridgehead atoms. The van der Waals surface area contributed by atoms with Gasteiger partial charge in [0, 0.05) is 0 Å². The van der Waals surface area contributed by atoms with Crippen LogP contribution < -0.4 is 10.6 Å². The van der Waals surface area contributed by atoms with E-state index in [0.717, 1.165) is 6.16 Å². The van der Waals surface area contributed by atoms with Crippen LogP contribution in [0.3, 0.4) is 0 Å². The van der Waals surface area contributed by atoms with E-state index >= 15 is 0 Å². The van der Waals surface area contributed by atoms with Crippen molar-refractivity contribution in [3.63, 3.8) is 0 Å². The van der Waals surface area contributed by atoms with Crippen LogP contribution in [0.2, 0.25) is 0 Å². The first-order valence-electron chi connectivity index (χ1n) is 8.11. The summed E-state index contributed by atoms with van der Waals surface area (Å²) in [4.78, 5) is 0. The Labute approximate surface area is 149 Å². The molecule has 0 radical (unpaired) electrons. The molecule has 124 valence electrons. The third-order valence-electron chi connectivity index (χ3n) is 4.71. The topological polar surface area (TPSA) is 3.24 Å². The quantitative estimate of drug-likeness (QED) is 0.581. The van der Waals surface area contributed by atoms with Crippen molar-refractivity contribution < 1.29 is 0 Å². The van der Waals surface area contributed by atoms with Crippen LogP contribution in [0.4, 0.5) is 0 Å². The molecule has 24 heavy (non-hydrogen) atoms. The summed E-state index contributed by atoms with van der Waals surface area (Å²) in [6.45, 7) is 0. The van der Waals surface area contributed by atoms with Gasteiger partial charge < -0.3 is 0 Å². The summed E-state index contributed by atoms with van der Waals surface area (Å²) in [6.07, 6.45) is -2.27. The van der Waals surface area contributed by atoms with Gasteiger partial charge in [-0.15, -0.1) is 0 Å². The number of halogens is 1. The minimum absolute atomic E-state index is 0.801. The molecule has 3 heteroatoms. The van der Waals surface area contributed by atoms with E-state index in [2.05, 4.69) is 91.6 Å². The van der Waals surface area contributed by atoms with Gasteiger partial charge in [-0.1, -0.05) is 0 Å². The number of benzene rings is 3. The van der Waals surface area contributed by atoms with E-state index in [-0.39, 0.29) is 0 Å². The molecule has 0 heterocycles. The van der Waals surface area contributed by atoms with Crippen LogP contribution in [-0.4, -0.2) is 18.8 Å². The first-order chi connectivity index (χ1) is 11.6. The van der Waals surface area contributed by atoms with E-state index in [0.29, 0.717) is 0 Å². The van der Waals surface area contributed by atoms with Crippen LogP contribution in [0.5, 0.6) is 0 Å². The molecule has 0 saturated carbocycles. The zero-order valence-corrected chi connectivity index (χ0v) is 15.8. The molecule has 1 nitrogen and oxygen atoms in total. The van der Waals surface area contributed by atoms with Crippen molar-refractivity contribution in [2.45, 2.75) is 6.16 Å². The standard InChI is InChI=1S/C21H23ClNP/c1-23(2)24(22,20-14-8-4-9-15-20,21-16-10-5-11-17-21)18-19-12-6-3-7-13-19/h3-17H,18H2,1-2H3. The van der Waals surface area contributed by atoms with E-state index in [4.69, 9.17) is 11.2 Å². The molecule has 3 rings (SSSR count). The van der Waals surface area contributed by atoms with Crippen molar-refractivity contribution in [2.75, 3.05) is 14.1 Å². The normalized spacial score (nSPS) is 13.4. The van der Waals surface area contributed by atoms with Crippen molar-refractivity contribution in [1.82, 2.24) is 4.67 Å². The van der Waals surface area contributed by atoms with Gasteiger partial charge in [-0.05, 0) is 0 Å². The summed E-state index contributed by atoms with van der Waals surface area (Å²) in [5.41, 5.74) is 1.26. The van der Waals surface area contributed by atoms with Gasteiger partial charge in [0.05, 0.1) is 0 Å². The van der Waals surface area contributed by atoms with E-state index in [1.54, 1.807) is 0 Å². The van der Waals surface area contributed by atoms with E-state index in [1.165, 1.54) is 16.2 Å². The number of hydrogen-bond acceptors (Lipinski definition) is 1. The van der Waals surface area contributed by atoms with Crippen LogP contribution in [0, 0.1) is 0 Å². The third kappa shape index (κ3) is 2.78. The fraction of sp³-hybridized carbons (Fsp3) is 0.143. The maximum atomic E-state index is 7.77. The van der Waals surface area contributed by atoms with Crippen LogP contribution in [0.15, 0.2) is 91.0 Å². The maximum absolute atomic E-state index is 7.77. The second kappa shape index (κ2) is 6.69. The molecule has 0 amide bonds. The molecule has 0 atom stereocenters. The molecule has 0 N–H and O–H groups in total. The molecular formula is C21H23ClNP. The molecule has 3 aromatic rings. The van der Waals surface area contributed by atoms with Crippen LogP contribution in [0.1, 0.15) is 5.56 Å². The molecule has 0 aliphatic carbocycles. The molecular weight excluding hydrogens is 333 g/mol. The predicted octanol–water partition coefficient (Wildman–Crippen LogP) is 5.02. The second-order valence-corrected chi connectivity index (χ2v) is 12.9. The fourth-order valence-electron chi connectivity index (χ4n) is 3.31. The summed E-state index contributed by atoms with van der Waals surface area (Å²) in [5, 5.41) is 2.40. The van der Waals surface area contributed by atoms with Crippen LogP contribution in [-0.2, 0) is 6.16 Å². The zero-order chi connectivity index (χ0) is 17.1. The first kappa shape index (κ1) is 17.2. The first-order valence-corrected chi connectivity index (χ1v) is 11.4.